The number of fused-ring (bicyclic) bond motifs is 1. The Morgan fingerprint density at radius 1 is 1.21 bits per heavy atom. The van der Waals surface area contributed by atoms with Crippen LogP contribution in [0.25, 0.3) is 0 Å². The Morgan fingerprint density at radius 3 is 2.68 bits per heavy atom. The Kier molecular flexibility index (Phi) is 3.88. The average Bonchev–Trinajstić information content (AvgIpc) is 2.83. The van der Waals surface area contributed by atoms with Crippen molar-refractivity contribution in [2.24, 2.45) is 11.3 Å². The summed E-state index contributed by atoms with van der Waals surface area (Å²) in [5, 5.41) is 22.3. The third-order valence-corrected chi connectivity index (χ3v) is 6.84. The second kappa shape index (κ2) is 6.10. The second-order valence-corrected chi connectivity index (χ2v) is 8.86. The van der Waals surface area contributed by atoms with E-state index >= 15 is 0 Å². The van der Waals surface area contributed by atoms with Crippen molar-refractivity contribution in [1.82, 2.24) is 10.6 Å². The number of carbonyl (C=O) groups excluding carboxylic acids is 3. The summed E-state index contributed by atoms with van der Waals surface area (Å²) in [5.74, 6) is -0.960. The Labute approximate surface area is 162 Å². The molecule has 3 aliphatic heterocycles. The molecular formula is C20H24N4O4. The molecule has 1 aliphatic carbocycles. The van der Waals surface area contributed by atoms with Gasteiger partial charge in [0.15, 0.2) is 6.04 Å². The van der Waals surface area contributed by atoms with Crippen LogP contribution in [0.4, 0.5) is 5.69 Å². The molecule has 3 N–H and O–H groups in total. The molecule has 4 aliphatic rings. The highest BCUT2D eigenvalue weighted by molar-refractivity contribution is 6.02. The fourth-order valence-corrected chi connectivity index (χ4v) is 5.24. The van der Waals surface area contributed by atoms with Crippen LogP contribution in [0.1, 0.15) is 41.6 Å². The molecule has 3 heterocycles. The minimum absolute atomic E-state index is 0.0613. The summed E-state index contributed by atoms with van der Waals surface area (Å²) in [6, 6.07) is 4.31. The number of amides is 3. The molecule has 8 nitrogen and oxygen atoms in total. The summed E-state index contributed by atoms with van der Waals surface area (Å²) in [7, 11) is 0. The maximum absolute atomic E-state index is 13.3. The van der Waals surface area contributed by atoms with Gasteiger partial charge >= 0.3 is 5.91 Å². The molecule has 1 spiro atoms. The maximum atomic E-state index is 13.3. The molecule has 1 saturated carbocycles. The van der Waals surface area contributed by atoms with Crippen LogP contribution in [-0.4, -0.2) is 48.0 Å². The molecule has 3 amide bonds. The van der Waals surface area contributed by atoms with Gasteiger partial charge in [0.2, 0.25) is 5.91 Å². The second-order valence-electron chi connectivity index (χ2n) is 8.86. The van der Waals surface area contributed by atoms with Crippen molar-refractivity contribution in [3.05, 3.63) is 34.5 Å². The van der Waals surface area contributed by atoms with Crippen LogP contribution in [0.2, 0.25) is 0 Å². The fraction of sp³-hybridized carbons (Fsp3) is 0.550. The molecule has 2 atom stereocenters. The third-order valence-electron chi connectivity index (χ3n) is 6.84. The monoisotopic (exact) mass is 384 g/mol. The normalized spacial score (nSPS) is 31.2. The fourth-order valence-electron chi connectivity index (χ4n) is 5.24. The van der Waals surface area contributed by atoms with Gasteiger partial charge in [-0.1, -0.05) is 0 Å². The van der Waals surface area contributed by atoms with E-state index in [4.69, 9.17) is 0 Å². The van der Waals surface area contributed by atoms with E-state index < -0.39 is 22.5 Å². The molecule has 5 rings (SSSR count). The van der Waals surface area contributed by atoms with Gasteiger partial charge in [0, 0.05) is 43.7 Å². The van der Waals surface area contributed by atoms with Crippen molar-refractivity contribution in [3.8, 4) is 0 Å². The van der Waals surface area contributed by atoms with E-state index in [1.165, 1.54) is 12.8 Å². The molecule has 1 aromatic carbocycles. The van der Waals surface area contributed by atoms with Crippen molar-refractivity contribution in [3.63, 3.8) is 0 Å². The highest BCUT2D eigenvalue weighted by Crippen LogP contribution is 2.48. The lowest BCUT2D eigenvalue weighted by Gasteiger charge is -2.54. The van der Waals surface area contributed by atoms with E-state index in [1.54, 1.807) is 6.07 Å². The standard InChI is InChI=1S/C20H24N4O4/c25-17-4-3-16(18(26)23-17)24(28)9-13-5-14(1-2-15(13)19(24)27)22-8-12-6-20(7-12)10-21-11-20/h1-2,5,12,16,21-22H,3-4,6-11H2,(H,23,25,26). The van der Waals surface area contributed by atoms with Crippen LogP contribution >= 0.6 is 0 Å². The van der Waals surface area contributed by atoms with Crippen LogP contribution in [0.5, 0.6) is 0 Å². The van der Waals surface area contributed by atoms with Crippen molar-refractivity contribution in [2.75, 3.05) is 25.0 Å². The number of benzene rings is 1. The van der Waals surface area contributed by atoms with Crippen molar-refractivity contribution in [1.29, 1.82) is 0 Å². The first-order chi connectivity index (χ1) is 13.4. The molecule has 2 saturated heterocycles. The summed E-state index contributed by atoms with van der Waals surface area (Å²) < 4.78 is -1.23. The molecule has 0 radical (unpaired) electrons. The Balaban J connectivity index is 1.27. The van der Waals surface area contributed by atoms with Crippen LogP contribution < -0.4 is 16.0 Å². The summed E-state index contributed by atoms with van der Waals surface area (Å²) in [5.41, 5.74) is 2.49. The van der Waals surface area contributed by atoms with Gasteiger partial charge in [0.05, 0.1) is 5.56 Å². The van der Waals surface area contributed by atoms with E-state index in [0.29, 0.717) is 22.5 Å². The number of hydrogen-bond donors (Lipinski definition) is 3. The number of hydrogen-bond acceptors (Lipinski definition) is 6. The van der Waals surface area contributed by atoms with E-state index in [0.717, 1.165) is 25.3 Å². The number of quaternary nitrogens is 1. The lowest BCUT2D eigenvalue weighted by molar-refractivity contribution is -0.825. The zero-order chi connectivity index (χ0) is 19.5. The number of anilines is 1. The largest absolute Gasteiger partial charge is 0.624 e. The van der Waals surface area contributed by atoms with Gasteiger partial charge in [-0.05, 0) is 42.4 Å². The number of carbonyl (C=O) groups is 3. The highest BCUT2D eigenvalue weighted by Gasteiger charge is 2.50. The van der Waals surface area contributed by atoms with E-state index in [1.807, 2.05) is 12.1 Å². The van der Waals surface area contributed by atoms with E-state index in [-0.39, 0.29) is 25.3 Å². The summed E-state index contributed by atoms with van der Waals surface area (Å²) >= 11 is 0. The molecule has 0 bridgehead atoms. The Bertz CT molecular complexity index is 873. The van der Waals surface area contributed by atoms with Gasteiger partial charge in [0.1, 0.15) is 6.54 Å². The molecule has 1 aromatic rings. The smallest absolute Gasteiger partial charge is 0.347 e. The lowest BCUT2D eigenvalue weighted by Crippen LogP contribution is -2.61. The number of hydroxylamine groups is 3. The number of nitrogens with zero attached hydrogens (tertiary/aromatic N) is 1. The van der Waals surface area contributed by atoms with E-state index in [2.05, 4.69) is 16.0 Å². The third kappa shape index (κ3) is 2.67. The lowest BCUT2D eigenvalue weighted by atomic mass is 9.58. The van der Waals surface area contributed by atoms with Gasteiger partial charge in [-0.15, -0.1) is 0 Å². The average molecular weight is 384 g/mol. The van der Waals surface area contributed by atoms with Gasteiger partial charge in [-0.2, -0.15) is 0 Å². The van der Waals surface area contributed by atoms with Crippen LogP contribution in [0.3, 0.4) is 0 Å². The van der Waals surface area contributed by atoms with Crippen LogP contribution in [0, 0.1) is 16.5 Å². The first kappa shape index (κ1) is 17.8. The zero-order valence-electron chi connectivity index (χ0n) is 15.6. The number of piperidine rings is 1. The van der Waals surface area contributed by atoms with Crippen molar-refractivity contribution >= 4 is 23.4 Å². The molecule has 8 heteroatoms. The van der Waals surface area contributed by atoms with Crippen LogP contribution in [0.15, 0.2) is 18.2 Å². The van der Waals surface area contributed by atoms with Crippen molar-refractivity contribution in [2.45, 2.75) is 38.3 Å². The van der Waals surface area contributed by atoms with Crippen LogP contribution in [-0.2, 0) is 16.1 Å². The summed E-state index contributed by atoms with van der Waals surface area (Å²) in [6.07, 6.45) is 2.68. The quantitative estimate of drug-likeness (QED) is 0.404. The van der Waals surface area contributed by atoms with Gasteiger partial charge < -0.3 is 15.8 Å². The van der Waals surface area contributed by atoms with Gasteiger partial charge in [0.25, 0.3) is 5.91 Å². The van der Waals surface area contributed by atoms with Crippen molar-refractivity contribution < 1.29 is 19.0 Å². The first-order valence-corrected chi connectivity index (χ1v) is 9.93. The predicted octanol–water partition coefficient (Wildman–Crippen LogP) is 0.872. The number of rotatable bonds is 4. The molecule has 28 heavy (non-hydrogen) atoms. The molecular weight excluding hydrogens is 360 g/mol. The number of nitrogens with one attached hydrogen (secondary N) is 3. The molecule has 148 valence electrons. The molecule has 3 fully saturated rings. The Hall–Kier alpha value is -2.29. The van der Waals surface area contributed by atoms with E-state index in [9.17, 15) is 19.6 Å². The Morgan fingerprint density at radius 2 is 2.00 bits per heavy atom. The minimum Gasteiger partial charge on any atom is -0.624 e. The summed E-state index contributed by atoms with van der Waals surface area (Å²) in [4.78, 5) is 36.3. The molecule has 0 aromatic heterocycles. The number of imide groups is 1. The van der Waals surface area contributed by atoms with Gasteiger partial charge in [-0.3, -0.25) is 19.6 Å². The first-order valence-electron chi connectivity index (χ1n) is 9.93. The predicted molar refractivity (Wildman–Crippen MR) is 101 cm³/mol. The molecule has 2 unspecified atom stereocenters. The summed E-state index contributed by atoms with van der Waals surface area (Å²) in [6.45, 7) is 3.09. The van der Waals surface area contributed by atoms with Gasteiger partial charge in [-0.25, -0.2) is 4.79 Å². The minimum atomic E-state index is -1.23. The SMILES string of the molecule is O=C1CCC([N+]2([O-])Cc3cc(NCC4CC5(CNC5)C4)ccc3C2=O)C(=O)N1. The maximum Gasteiger partial charge on any atom is 0.347 e. The highest BCUT2D eigenvalue weighted by atomic mass is 16.6. The zero-order valence-corrected chi connectivity index (χ0v) is 15.6. The topological polar surface area (TPSA) is 110 Å².